The molecule has 2 rings (SSSR count). The summed E-state index contributed by atoms with van der Waals surface area (Å²) >= 11 is 11.8. The first-order chi connectivity index (χ1) is 9.31. The van der Waals surface area contributed by atoms with Crippen molar-refractivity contribution < 1.29 is 8.42 Å². The van der Waals surface area contributed by atoms with Crippen LogP contribution in [0.1, 0.15) is 5.56 Å². The molecule has 3 N–H and O–H groups in total. The van der Waals surface area contributed by atoms with Gasteiger partial charge >= 0.3 is 0 Å². The monoisotopic (exact) mass is 330 g/mol. The van der Waals surface area contributed by atoms with Gasteiger partial charge in [-0.05, 0) is 42.8 Å². The highest BCUT2D eigenvalue weighted by atomic mass is 35.5. The first-order valence-corrected chi connectivity index (χ1v) is 7.88. The van der Waals surface area contributed by atoms with Gasteiger partial charge in [-0.1, -0.05) is 29.3 Å². The molecule has 0 unspecified atom stereocenters. The van der Waals surface area contributed by atoms with Crippen molar-refractivity contribution in [2.75, 3.05) is 10.5 Å². The Kier molecular flexibility index (Phi) is 4.13. The van der Waals surface area contributed by atoms with Gasteiger partial charge in [-0.3, -0.25) is 4.72 Å². The number of nitrogens with one attached hydrogen (secondary N) is 1. The predicted octanol–water partition coefficient (Wildman–Crippen LogP) is 3.68. The molecular formula is C13H12Cl2N2O2S. The second-order valence-corrected chi connectivity index (χ2v) is 6.70. The second kappa shape index (κ2) is 5.52. The molecule has 0 radical (unpaired) electrons. The van der Waals surface area contributed by atoms with Crippen molar-refractivity contribution in [3.05, 3.63) is 52.0 Å². The molecule has 0 bridgehead atoms. The molecule has 0 spiro atoms. The van der Waals surface area contributed by atoms with Crippen LogP contribution >= 0.6 is 23.2 Å². The van der Waals surface area contributed by atoms with E-state index in [-0.39, 0.29) is 9.92 Å². The Bertz CT molecular complexity index is 761. The van der Waals surface area contributed by atoms with Crippen molar-refractivity contribution in [1.82, 2.24) is 0 Å². The highest BCUT2D eigenvalue weighted by Crippen LogP contribution is 2.27. The van der Waals surface area contributed by atoms with E-state index in [1.807, 2.05) is 0 Å². The minimum absolute atomic E-state index is 0.0380. The van der Waals surface area contributed by atoms with E-state index >= 15 is 0 Å². The molecule has 0 saturated carbocycles. The van der Waals surface area contributed by atoms with Crippen molar-refractivity contribution in [2.45, 2.75) is 11.8 Å². The molecule has 7 heteroatoms. The number of anilines is 2. The number of rotatable bonds is 3. The highest BCUT2D eigenvalue weighted by molar-refractivity contribution is 7.92. The summed E-state index contributed by atoms with van der Waals surface area (Å²) in [7, 11) is -3.74. The predicted molar refractivity (Wildman–Crippen MR) is 82.9 cm³/mol. The highest BCUT2D eigenvalue weighted by Gasteiger charge is 2.17. The van der Waals surface area contributed by atoms with Crippen LogP contribution in [0.15, 0.2) is 41.3 Å². The molecule has 0 fully saturated rings. The molecule has 0 atom stereocenters. The van der Waals surface area contributed by atoms with E-state index in [0.29, 0.717) is 22.0 Å². The van der Waals surface area contributed by atoms with Gasteiger partial charge in [-0.15, -0.1) is 0 Å². The molecule has 0 aromatic heterocycles. The Labute approximate surface area is 127 Å². The minimum Gasteiger partial charge on any atom is -0.398 e. The molecule has 0 aliphatic heterocycles. The van der Waals surface area contributed by atoms with Gasteiger partial charge in [-0.25, -0.2) is 8.42 Å². The number of benzene rings is 2. The Morgan fingerprint density at radius 3 is 2.45 bits per heavy atom. The lowest BCUT2D eigenvalue weighted by molar-refractivity contribution is 0.601. The fraction of sp³-hybridized carbons (Fsp3) is 0.0769. The van der Waals surface area contributed by atoms with E-state index in [0.717, 1.165) is 0 Å². The maximum absolute atomic E-state index is 12.3. The zero-order valence-corrected chi connectivity index (χ0v) is 12.9. The quantitative estimate of drug-likeness (QED) is 0.843. The van der Waals surface area contributed by atoms with Gasteiger partial charge in [0.05, 0.1) is 21.3 Å². The zero-order chi connectivity index (χ0) is 14.9. The maximum Gasteiger partial charge on any atom is 0.261 e. The van der Waals surface area contributed by atoms with Crippen molar-refractivity contribution in [2.24, 2.45) is 0 Å². The third-order valence-electron chi connectivity index (χ3n) is 2.79. The van der Waals surface area contributed by atoms with Gasteiger partial charge in [0.1, 0.15) is 0 Å². The van der Waals surface area contributed by atoms with Crippen LogP contribution in [0, 0.1) is 6.92 Å². The average Bonchev–Trinajstić information content (AvgIpc) is 2.38. The van der Waals surface area contributed by atoms with Crippen LogP contribution in [0.25, 0.3) is 0 Å². The third kappa shape index (κ3) is 3.00. The summed E-state index contributed by atoms with van der Waals surface area (Å²) in [5.74, 6) is 0. The Hall–Kier alpha value is -1.43. The molecule has 106 valence electrons. The van der Waals surface area contributed by atoms with Gasteiger partial charge in [0.2, 0.25) is 0 Å². The van der Waals surface area contributed by atoms with Crippen LogP contribution < -0.4 is 10.5 Å². The van der Waals surface area contributed by atoms with E-state index in [4.69, 9.17) is 28.9 Å². The Morgan fingerprint density at radius 1 is 1.10 bits per heavy atom. The van der Waals surface area contributed by atoms with Crippen LogP contribution in [-0.4, -0.2) is 8.42 Å². The van der Waals surface area contributed by atoms with Gasteiger partial charge < -0.3 is 5.73 Å². The Morgan fingerprint density at radius 2 is 1.80 bits per heavy atom. The fourth-order valence-corrected chi connectivity index (χ4v) is 3.17. The Balaban J connectivity index is 2.41. The number of nitrogen functional groups attached to an aromatic ring is 1. The first-order valence-electron chi connectivity index (χ1n) is 5.64. The molecule has 4 nitrogen and oxygen atoms in total. The van der Waals surface area contributed by atoms with Crippen LogP contribution in [-0.2, 0) is 10.0 Å². The molecule has 0 heterocycles. The lowest BCUT2D eigenvalue weighted by atomic mass is 10.2. The summed E-state index contributed by atoms with van der Waals surface area (Å²) in [5, 5.41) is 0.677. The SMILES string of the molecule is Cc1c(Cl)cccc1NS(=O)(=O)c1ccc(N)c(Cl)c1. The van der Waals surface area contributed by atoms with Gasteiger partial charge in [0.15, 0.2) is 0 Å². The van der Waals surface area contributed by atoms with E-state index in [2.05, 4.69) is 4.72 Å². The van der Waals surface area contributed by atoms with Crippen LogP contribution in [0.5, 0.6) is 0 Å². The fourth-order valence-electron chi connectivity index (χ4n) is 1.60. The van der Waals surface area contributed by atoms with E-state index < -0.39 is 10.0 Å². The van der Waals surface area contributed by atoms with Gasteiger partial charge in [0.25, 0.3) is 10.0 Å². The smallest absolute Gasteiger partial charge is 0.261 e. The van der Waals surface area contributed by atoms with Crippen molar-refractivity contribution >= 4 is 44.6 Å². The van der Waals surface area contributed by atoms with Crippen molar-refractivity contribution in [1.29, 1.82) is 0 Å². The third-order valence-corrected chi connectivity index (χ3v) is 4.89. The zero-order valence-electron chi connectivity index (χ0n) is 10.5. The number of halogens is 2. The van der Waals surface area contributed by atoms with Gasteiger partial charge in [0, 0.05) is 5.02 Å². The molecule has 0 aliphatic carbocycles. The van der Waals surface area contributed by atoms with E-state index in [1.54, 1.807) is 25.1 Å². The first kappa shape index (κ1) is 15.0. The number of hydrogen-bond donors (Lipinski definition) is 2. The van der Waals surface area contributed by atoms with Crippen LogP contribution in [0.4, 0.5) is 11.4 Å². The lowest BCUT2D eigenvalue weighted by Crippen LogP contribution is -2.14. The number of nitrogens with two attached hydrogens (primary N) is 1. The van der Waals surface area contributed by atoms with E-state index in [9.17, 15) is 8.42 Å². The van der Waals surface area contributed by atoms with Crippen LogP contribution in [0.2, 0.25) is 10.0 Å². The molecule has 2 aromatic rings. The minimum atomic E-state index is -3.74. The molecule has 0 saturated heterocycles. The second-order valence-electron chi connectivity index (χ2n) is 4.20. The van der Waals surface area contributed by atoms with Crippen molar-refractivity contribution in [3.63, 3.8) is 0 Å². The number of sulfonamides is 1. The summed E-state index contributed by atoms with van der Waals surface area (Å²) in [5.41, 5.74) is 6.96. The molecule has 20 heavy (non-hydrogen) atoms. The van der Waals surface area contributed by atoms with Gasteiger partial charge in [-0.2, -0.15) is 0 Å². The van der Waals surface area contributed by atoms with Crippen LogP contribution in [0.3, 0.4) is 0 Å². The maximum atomic E-state index is 12.3. The molecular weight excluding hydrogens is 319 g/mol. The normalized spacial score (nSPS) is 11.3. The average molecular weight is 331 g/mol. The van der Waals surface area contributed by atoms with E-state index in [1.165, 1.54) is 18.2 Å². The largest absolute Gasteiger partial charge is 0.398 e. The standard InChI is InChI=1S/C13H12Cl2N2O2S/c1-8-10(14)3-2-4-13(8)17-20(18,19)9-5-6-12(16)11(15)7-9/h2-7,17H,16H2,1H3. The van der Waals surface area contributed by atoms with Crippen molar-refractivity contribution in [3.8, 4) is 0 Å². The summed E-state index contributed by atoms with van der Waals surface area (Å²) in [6.45, 7) is 1.73. The molecule has 2 aromatic carbocycles. The summed E-state index contributed by atoms with van der Waals surface area (Å²) in [4.78, 5) is 0.0380. The topological polar surface area (TPSA) is 72.2 Å². The summed E-state index contributed by atoms with van der Waals surface area (Å²) in [6, 6.07) is 9.14. The number of hydrogen-bond acceptors (Lipinski definition) is 3. The lowest BCUT2D eigenvalue weighted by Gasteiger charge is -2.12. The molecule has 0 aliphatic rings. The summed E-state index contributed by atoms with van der Waals surface area (Å²) < 4.78 is 27.0. The summed E-state index contributed by atoms with van der Waals surface area (Å²) in [6.07, 6.45) is 0. The molecule has 0 amide bonds.